The zero-order valence-electron chi connectivity index (χ0n) is 32.7. The van der Waals surface area contributed by atoms with E-state index in [1.165, 1.54) is 55.1 Å². The Hall–Kier alpha value is -4.44. The van der Waals surface area contributed by atoms with Gasteiger partial charge in [0.1, 0.15) is 18.7 Å². The summed E-state index contributed by atoms with van der Waals surface area (Å²) in [6.45, 7) is 15.7. The topological polar surface area (TPSA) is 7.76 Å². The van der Waals surface area contributed by atoms with Crippen molar-refractivity contribution in [2.45, 2.75) is 116 Å². The lowest BCUT2D eigenvalue weighted by molar-refractivity contribution is -0.724. The van der Waals surface area contributed by atoms with Crippen LogP contribution in [-0.2, 0) is 36.1 Å². The van der Waals surface area contributed by atoms with E-state index in [-0.39, 0.29) is 23.1 Å². The Labute approximate surface area is 313 Å². The highest BCUT2D eigenvalue weighted by Gasteiger charge is 2.54. The molecule has 0 N–H and O–H groups in total. The molecule has 3 heterocycles. The Kier molecular flexibility index (Phi) is 7.63. The first kappa shape index (κ1) is 34.3. The van der Waals surface area contributed by atoms with Crippen molar-refractivity contribution >= 4 is 21.5 Å². The zero-order valence-corrected chi connectivity index (χ0v) is 32.7. The van der Waals surface area contributed by atoms with Gasteiger partial charge in [-0.25, -0.2) is 13.3 Å². The van der Waals surface area contributed by atoms with Crippen molar-refractivity contribution in [2.24, 2.45) is 7.05 Å². The number of hydrogen-bond acceptors (Lipinski definition) is 0. The van der Waals surface area contributed by atoms with Crippen molar-refractivity contribution in [1.82, 2.24) is 0 Å². The molecule has 2 aromatic heterocycles. The summed E-state index contributed by atoms with van der Waals surface area (Å²) in [5, 5.41) is 4.94. The second kappa shape index (κ2) is 11.8. The van der Waals surface area contributed by atoms with E-state index in [1.54, 1.807) is 12.1 Å². The number of hydrogen-bond donors (Lipinski definition) is 0. The zero-order chi connectivity index (χ0) is 37.2. The Balaban J connectivity index is 1.27. The van der Waals surface area contributed by atoms with Crippen molar-refractivity contribution in [2.75, 3.05) is 0 Å². The minimum atomic E-state index is -0.492. The molecule has 0 spiro atoms. The molecule has 4 aromatic carbocycles. The maximum absolute atomic E-state index is 16.5. The number of halogens is 2. The molecule has 2 nitrogen and oxygen atoms in total. The van der Waals surface area contributed by atoms with E-state index >= 15 is 8.78 Å². The van der Waals surface area contributed by atoms with E-state index in [9.17, 15) is 0 Å². The maximum Gasteiger partial charge on any atom is 0.221 e. The molecule has 1 unspecified atom stereocenters. The molecule has 0 radical (unpaired) electrons. The third-order valence-corrected chi connectivity index (χ3v) is 14.0. The molecule has 0 saturated carbocycles. The number of aryl methyl sites for hydroxylation is 3. The first-order valence-electron chi connectivity index (χ1n) is 20.0. The lowest BCUT2D eigenvalue weighted by Crippen LogP contribution is -2.57. The molecule has 0 amide bonds. The van der Waals surface area contributed by atoms with Crippen molar-refractivity contribution in [3.8, 4) is 22.5 Å². The van der Waals surface area contributed by atoms with E-state index in [0.717, 1.165) is 72.9 Å². The Morgan fingerprint density at radius 3 is 2.08 bits per heavy atom. The van der Waals surface area contributed by atoms with Gasteiger partial charge in [-0.2, -0.15) is 4.57 Å². The van der Waals surface area contributed by atoms with Crippen molar-refractivity contribution in [3.63, 3.8) is 0 Å². The average Bonchev–Trinajstić information content (AvgIpc) is 3.14. The minimum absolute atomic E-state index is 0.107. The van der Waals surface area contributed by atoms with E-state index in [4.69, 9.17) is 0 Å². The summed E-state index contributed by atoms with van der Waals surface area (Å²) in [5.74, 6) is -0.246. The first-order chi connectivity index (χ1) is 25.4. The van der Waals surface area contributed by atoms with Crippen LogP contribution in [0.25, 0.3) is 44.1 Å². The summed E-state index contributed by atoms with van der Waals surface area (Å²) in [5.41, 5.74) is 11.1. The fourth-order valence-electron chi connectivity index (χ4n) is 11.3. The van der Waals surface area contributed by atoms with E-state index in [1.807, 2.05) is 6.07 Å². The molecule has 53 heavy (non-hydrogen) atoms. The SMILES string of the molecule is CCCCc1cc2c3c4[n+](ccc3c1)C(CCc1ccc(F)c3c1-c1c5c(cccc5cc[n+]1C)C3(C)C)C(CC)(CC)c1ccc(F)c(c1-4)C2(C)C. The van der Waals surface area contributed by atoms with Crippen LogP contribution >= 0.6 is 0 Å². The molecule has 9 rings (SSSR count). The lowest BCUT2D eigenvalue weighted by Gasteiger charge is -2.45. The summed E-state index contributed by atoms with van der Waals surface area (Å²) in [7, 11) is 2.10. The fraction of sp³-hybridized carbons (Fsp3) is 0.388. The Morgan fingerprint density at radius 2 is 1.34 bits per heavy atom. The van der Waals surface area contributed by atoms with Gasteiger partial charge in [-0.1, -0.05) is 97.4 Å². The van der Waals surface area contributed by atoms with Crippen molar-refractivity contribution in [3.05, 3.63) is 130 Å². The largest absolute Gasteiger partial charge is 0.221 e. The van der Waals surface area contributed by atoms with Crippen LogP contribution < -0.4 is 9.13 Å². The van der Waals surface area contributed by atoms with Crippen LogP contribution in [0.2, 0.25) is 0 Å². The predicted octanol–water partition coefficient (Wildman–Crippen LogP) is 11.6. The summed E-state index contributed by atoms with van der Waals surface area (Å²) in [6.07, 6.45) is 11.3. The van der Waals surface area contributed by atoms with Crippen LogP contribution in [0.5, 0.6) is 0 Å². The number of benzene rings is 4. The number of nitrogens with zero attached hydrogens (tertiary/aromatic N) is 2. The molecule has 270 valence electrons. The third-order valence-electron chi connectivity index (χ3n) is 14.0. The van der Waals surface area contributed by atoms with Gasteiger partial charge in [-0.15, -0.1) is 0 Å². The summed E-state index contributed by atoms with van der Waals surface area (Å²) >= 11 is 0. The lowest BCUT2D eigenvalue weighted by atomic mass is 9.59. The molecule has 0 saturated heterocycles. The molecule has 0 fully saturated rings. The molecule has 4 heteroatoms. The molecule has 2 aliphatic carbocycles. The van der Waals surface area contributed by atoms with Crippen LogP contribution in [0, 0.1) is 11.6 Å². The highest BCUT2D eigenvalue weighted by molar-refractivity contribution is 6.02. The van der Waals surface area contributed by atoms with Gasteiger partial charge in [0.2, 0.25) is 11.4 Å². The summed E-state index contributed by atoms with van der Waals surface area (Å²) in [4.78, 5) is 0. The Bertz CT molecular complexity index is 2520. The smallest absolute Gasteiger partial charge is 0.207 e. The Morgan fingerprint density at radius 1 is 0.660 bits per heavy atom. The molecule has 6 aromatic rings. The molecule has 3 aliphatic rings. The summed E-state index contributed by atoms with van der Waals surface area (Å²) in [6, 6.07) is 23.5. The minimum Gasteiger partial charge on any atom is -0.207 e. The van der Waals surface area contributed by atoms with Crippen LogP contribution in [-0.4, -0.2) is 0 Å². The third kappa shape index (κ3) is 4.47. The van der Waals surface area contributed by atoms with Crippen LogP contribution in [0.15, 0.2) is 79.1 Å². The van der Waals surface area contributed by atoms with Gasteiger partial charge in [0.25, 0.3) is 0 Å². The fourth-order valence-corrected chi connectivity index (χ4v) is 11.3. The number of rotatable bonds is 8. The highest BCUT2D eigenvalue weighted by atomic mass is 19.1. The van der Waals surface area contributed by atoms with Gasteiger partial charge in [-0.05, 0) is 82.8 Å². The van der Waals surface area contributed by atoms with E-state index < -0.39 is 10.8 Å². The van der Waals surface area contributed by atoms with Gasteiger partial charge < -0.3 is 0 Å². The molecular weight excluding hydrogens is 655 g/mol. The number of fused-ring (bicyclic) bond motifs is 2. The number of unbranched alkanes of at least 4 members (excludes halogenated alkanes) is 1. The van der Waals surface area contributed by atoms with E-state index in [2.05, 4.69) is 126 Å². The molecule has 0 bridgehead atoms. The van der Waals surface area contributed by atoms with Gasteiger partial charge in [0, 0.05) is 40.5 Å². The van der Waals surface area contributed by atoms with Crippen molar-refractivity contribution in [1.29, 1.82) is 0 Å². The van der Waals surface area contributed by atoms with Crippen LogP contribution in [0.4, 0.5) is 8.78 Å². The standard InChI is InChI=1S/C49H52F2N2/c1-9-12-14-29-27-32-24-26-53-38(49(10-2,11-3)34-19-21-37(51)44-42(34)46(53)40(32)35(28-29)48(44,6)7)22-18-31-17-20-36(50)43-41(31)45-39-30(23-25-52(45)8)15-13-16-33(39)47(43,4)5/h13,15-17,19-21,23-28,38H,9-12,14,18,22H2,1-8H3/q+2. The normalized spacial score (nSPS) is 18.0. The second-order valence-corrected chi connectivity index (χ2v) is 17.3. The maximum atomic E-state index is 16.5. The first-order valence-corrected chi connectivity index (χ1v) is 20.0. The van der Waals surface area contributed by atoms with Gasteiger partial charge >= 0.3 is 0 Å². The number of pyridine rings is 2. The van der Waals surface area contributed by atoms with Crippen LogP contribution in [0.3, 0.4) is 0 Å². The molecule has 1 atom stereocenters. The van der Waals surface area contributed by atoms with Crippen LogP contribution in [0.1, 0.15) is 126 Å². The average molecular weight is 707 g/mol. The van der Waals surface area contributed by atoms with Gasteiger partial charge in [-0.3, -0.25) is 0 Å². The van der Waals surface area contributed by atoms with Gasteiger partial charge in [0.05, 0.1) is 27.3 Å². The quantitative estimate of drug-likeness (QED) is 0.139. The molecular formula is C49H52F2N2+2. The second-order valence-electron chi connectivity index (χ2n) is 17.3. The van der Waals surface area contributed by atoms with Gasteiger partial charge in [0.15, 0.2) is 18.4 Å². The van der Waals surface area contributed by atoms with Crippen molar-refractivity contribution < 1.29 is 17.9 Å². The van der Waals surface area contributed by atoms with E-state index in [0.29, 0.717) is 0 Å². The predicted molar refractivity (Wildman–Crippen MR) is 213 cm³/mol. The number of aromatic nitrogens is 2. The monoisotopic (exact) mass is 706 g/mol. The highest BCUT2D eigenvalue weighted by Crippen LogP contribution is 2.58. The molecule has 1 aliphatic heterocycles. The summed E-state index contributed by atoms with van der Waals surface area (Å²) < 4.78 is 37.5.